The number of benzene rings is 1. The molecule has 0 aliphatic carbocycles. The van der Waals surface area contributed by atoms with Crippen LogP contribution < -0.4 is 15.8 Å². The summed E-state index contributed by atoms with van der Waals surface area (Å²) in [5.74, 6) is -1.49. The van der Waals surface area contributed by atoms with Gasteiger partial charge < -0.3 is 15.8 Å². The smallest absolute Gasteiger partial charge is 0.387 e. The third-order valence-electron chi connectivity index (χ3n) is 2.90. The normalized spacial score (nSPS) is 11.0. The summed E-state index contributed by atoms with van der Waals surface area (Å²) < 4.78 is 43.6. The summed E-state index contributed by atoms with van der Waals surface area (Å²) >= 11 is 0. The molecule has 0 aliphatic heterocycles. The van der Waals surface area contributed by atoms with Gasteiger partial charge in [0.2, 0.25) is 0 Å². The molecule has 5 nitrogen and oxygen atoms in total. The average Bonchev–Trinajstić information content (AvgIpc) is 2.69. The number of aryl methyl sites for hydroxylation is 2. The molecule has 1 heterocycles. The minimum absolute atomic E-state index is 0.107. The molecular formula is C13H15F3N4O. The van der Waals surface area contributed by atoms with E-state index in [0.717, 1.165) is 23.4 Å². The van der Waals surface area contributed by atoms with E-state index in [0.29, 0.717) is 12.2 Å². The zero-order valence-corrected chi connectivity index (χ0v) is 11.5. The van der Waals surface area contributed by atoms with Gasteiger partial charge in [-0.1, -0.05) is 0 Å². The predicted octanol–water partition coefficient (Wildman–Crippen LogP) is 2.66. The van der Waals surface area contributed by atoms with E-state index in [1.54, 1.807) is 11.7 Å². The Bertz CT molecular complexity index is 643. The van der Waals surface area contributed by atoms with Gasteiger partial charge in [-0.15, -0.1) is 0 Å². The van der Waals surface area contributed by atoms with E-state index >= 15 is 0 Å². The van der Waals surface area contributed by atoms with Gasteiger partial charge in [0.15, 0.2) is 11.6 Å². The number of nitrogens with two attached hydrogens (primary N) is 1. The van der Waals surface area contributed by atoms with Gasteiger partial charge in [-0.3, -0.25) is 4.68 Å². The summed E-state index contributed by atoms with van der Waals surface area (Å²) in [5.41, 5.74) is 7.83. The average molecular weight is 300 g/mol. The highest BCUT2D eigenvalue weighted by atomic mass is 19.3. The Labute approximate surface area is 119 Å². The molecule has 3 N–H and O–H groups in total. The first kappa shape index (κ1) is 15.0. The van der Waals surface area contributed by atoms with Crippen molar-refractivity contribution in [3.63, 3.8) is 0 Å². The second-order valence-corrected chi connectivity index (χ2v) is 4.52. The number of rotatable bonds is 5. The van der Waals surface area contributed by atoms with Gasteiger partial charge in [0, 0.05) is 37.5 Å². The third kappa shape index (κ3) is 3.59. The Morgan fingerprint density at radius 2 is 2.14 bits per heavy atom. The summed E-state index contributed by atoms with van der Waals surface area (Å²) in [6.07, 6.45) is 1.82. The van der Waals surface area contributed by atoms with Crippen LogP contribution in [0.3, 0.4) is 0 Å². The number of nitrogen functional groups attached to an aromatic ring is 1. The quantitative estimate of drug-likeness (QED) is 0.833. The maximum atomic E-state index is 13.4. The van der Waals surface area contributed by atoms with E-state index in [1.807, 2.05) is 13.1 Å². The van der Waals surface area contributed by atoms with Crippen LogP contribution in [-0.2, 0) is 13.6 Å². The molecule has 0 saturated carbocycles. The van der Waals surface area contributed by atoms with Crippen molar-refractivity contribution in [3.8, 4) is 5.75 Å². The van der Waals surface area contributed by atoms with Gasteiger partial charge in [0.1, 0.15) is 0 Å². The number of hydrogen-bond acceptors (Lipinski definition) is 4. The maximum Gasteiger partial charge on any atom is 0.387 e. The molecule has 0 fully saturated rings. The molecule has 0 amide bonds. The lowest BCUT2D eigenvalue weighted by Crippen LogP contribution is -2.07. The monoisotopic (exact) mass is 300 g/mol. The molecule has 0 aliphatic rings. The highest BCUT2D eigenvalue weighted by Gasteiger charge is 2.13. The van der Waals surface area contributed by atoms with E-state index in [2.05, 4.69) is 15.2 Å². The van der Waals surface area contributed by atoms with Crippen LogP contribution in [0.2, 0.25) is 0 Å². The molecule has 114 valence electrons. The number of anilines is 2. The number of aromatic nitrogens is 2. The highest BCUT2D eigenvalue weighted by Crippen LogP contribution is 2.29. The summed E-state index contributed by atoms with van der Waals surface area (Å²) in [7, 11) is 1.79. The van der Waals surface area contributed by atoms with E-state index in [9.17, 15) is 13.2 Å². The number of halogens is 3. The van der Waals surface area contributed by atoms with Crippen molar-refractivity contribution < 1.29 is 17.9 Å². The van der Waals surface area contributed by atoms with E-state index in [1.165, 1.54) is 0 Å². The molecule has 0 unspecified atom stereocenters. The van der Waals surface area contributed by atoms with Crippen molar-refractivity contribution in [1.82, 2.24) is 9.78 Å². The zero-order valence-electron chi connectivity index (χ0n) is 11.5. The lowest BCUT2D eigenvalue weighted by Gasteiger charge is -2.12. The van der Waals surface area contributed by atoms with Crippen LogP contribution >= 0.6 is 0 Å². The third-order valence-corrected chi connectivity index (χ3v) is 2.90. The van der Waals surface area contributed by atoms with Crippen LogP contribution in [0, 0.1) is 12.7 Å². The largest absolute Gasteiger partial charge is 0.432 e. The lowest BCUT2D eigenvalue weighted by atomic mass is 10.2. The minimum atomic E-state index is -3.10. The van der Waals surface area contributed by atoms with Crippen molar-refractivity contribution in [2.45, 2.75) is 20.1 Å². The van der Waals surface area contributed by atoms with Crippen molar-refractivity contribution in [1.29, 1.82) is 0 Å². The Balaban J connectivity index is 2.17. The van der Waals surface area contributed by atoms with Gasteiger partial charge in [-0.25, -0.2) is 4.39 Å². The number of hydrogen-bond donors (Lipinski definition) is 2. The zero-order chi connectivity index (χ0) is 15.6. The molecular weight excluding hydrogens is 285 g/mol. The van der Waals surface area contributed by atoms with Crippen molar-refractivity contribution in [2.75, 3.05) is 11.1 Å². The predicted molar refractivity (Wildman–Crippen MR) is 72.7 cm³/mol. The lowest BCUT2D eigenvalue weighted by molar-refractivity contribution is -0.0521. The second-order valence-electron chi connectivity index (χ2n) is 4.52. The van der Waals surface area contributed by atoms with Gasteiger partial charge in [-0.2, -0.15) is 13.9 Å². The SMILES string of the molecule is Cc1nn(C)cc1CNc1cc(OC(F)F)c(F)cc1N. The van der Waals surface area contributed by atoms with Gasteiger partial charge in [-0.05, 0) is 6.92 Å². The molecule has 0 spiro atoms. The first-order valence-electron chi connectivity index (χ1n) is 6.13. The fourth-order valence-electron chi connectivity index (χ4n) is 1.92. The fraction of sp³-hybridized carbons (Fsp3) is 0.308. The number of ether oxygens (including phenoxy) is 1. The molecule has 21 heavy (non-hydrogen) atoms. The molecule has 1 aromatic carbocycles. The van der Waals surface area contributed by atoms with E-state index < -0.39 is 18.2 Å². The summed E-state index contributed by atoms with van der Waals surface area (Å²) in [5, 5.41) is 7.13. The van der Waals surface area contributed by atoms with Gasteiger partial charge in [0.25, 0.3) is 0 Å². The molecule has 2 aromatic rings. The molecule has 0 radical (unpaired) electrons. The summed E-state index contributed by atoms with van der Waals surface area (Å²) in [4.78, 5) is 0. The number of nitrogens with one attached hydrogen (secondary N) is 1. The fourth-order valence-corrected chi connectivity index (χ4v) is 1.92. The van der Waals surface area contributed by atoms with Crippen LogP contribution in [-0.4, -0.2) is 16.4 Å². The van der Waals surface area contributed by atoms with Crippen molar-refractivity contribution in [3.05, 3.63) is 35.4 Å². The molecule has 2 rings (SSSR count). The first-order chi connectivity index (χ1) is 9.86. The van der Waals surface area contributed by atoms with Crippen LogP contribution in [0.15, 0.2) is 18.3 Å². The van der Waals surface area contributed by atoms with E-state index in [4.69, 9.17) is 5.73 Å². The van der Waals surface area contributed by atoms with E-state index in [-0.39, 0.29) is 5.69 Å². The molecule has 8 heteroatoms. The Morgan fingerprint density at radius 3 is 2.71 bits per heavy atom. The minimum Gasteiger partial charge on any atom is -0.432 e. The topological polar surface area (TPSA) is 65.1 Å². The molecule has 0 bridgehead atoms. The molecule has 1 aromatic heterocycles. The second kappa shape index (κ2) is 5.94. The highest BCUT2D eigenvalue weighted by molar-refractivity contribution is 5.68. The van der Waals surface area contributed by atoms with Crippen molar-refractivity contribution in [2.24, 2.45) is 7.05 Å². The van der Waals surface area contributed by atoms with Gasteiger partial charge in [0.05, 0.1) is 17.1 Å². The summed E-state index contributed by atoms with van der Waals surface area (Å²) in [6.45, 7) is -0.878. The van der Waals surface area contributed by atoms with Gasteiger partial charge >= 0.3 is 6.61 Å². The van der Waals surface area contributed by atoms with Crippen molar-refractivity contribution >= 4 is 11.4 Å². The first-order valence-corrected chi connectivity index (χ1v) is 6.13. The number of nitrogens with zero attached hydrogens (tertiary/aromatic N) is 2. The maximum absolute atomic E-state index is 13.4. The Morgan fingerprint density at radius 1 is 1.43 bits per heavy atom. The standard InChI is InChI=1S/C13H15F3N4O/c1-7-8(6-20(2)19-7)5-18-11-4-12(21-13(15)16)9(14)3-10(11)17/h3-4,6,13,18H,5,17H2,1-2H3. The van der Waals surface area contributed by atoms with Crippen LogP contribution in [0.1, 0.15) is 11.3 Å². The van der Waals surface area contributed by atoms with Crippen LogP contribution in [0.5, 0.6) is 5.75 Å². The molecule has 0 atom stereocenters. The van der Waals surface area contributed by atoms with Crippen LogP contribution in [0.25, 0.3) is 0 Å². The number of alkyl halides is 2. The Kier molecular flexibility index (Phi) is 4.25. The summed E-state index contributed by atoms with van der Waals surface area (Å²) in [6, 6.07) is 2.05. The van der Waals surface area contributed by atoms with Crippen LogP contribution in [0.4, 0.5) is 24.5 Å². The Hall–Kier alpha value is -2.38. The molecule has 0 saturated heterocycles.